The van der Waals surface area contributed by atoms with Crippen molar-refractivity contribution in [2.24, 2.45) is 5.92 Å². The Morgan fingerprint density at radius 2 is 0.491 bits per heavy atom. The summed E-state index contributed by atoms with van der Waals surface area (Å²) >= 11 is 0. The molecule has 0 nitrogen and oxygen atoms in total. The van der Waals surface area contributed by atoms with E-state index >= 15 is 0 Å². The molecule has 0 aromatic rings. The van der Waals surface area contributed by atoms with Crippen molar-refractivity contribution in [1.29, 1.82) is 0 Å². The number of hydrogen-bond acceptors (Lipinski definition) is 0. The molecule has 0 aliphatic carbocycles. The van der Waals surface area contributed by atoms with Gasteiger partial charge in [-0.3, -0.25) is 0 Å². The standard InChI is InChI=1S/C27H30F26/c1-14(2)12-10-8-6-4-5-7-9-11-13-16(30,31)18(34,35)20(38,39)22(42,43)24(46,47)26(50,51)27(52,53)25(48,49)23(44,45)21(40,41)19(36,37)17(32,33)15(3,28)29/h14H,4-13H2,1-3H3. The fourth-order valence-electron chi connectivity index (χ4n) is 4.40. The Morgan fingerprint density at radius 3 is 0.736 bits per heavy atom. The van der Waals surface area contributed by atoms with Gasteiger partial charge in [-0.05, 0) is 12.3 Å². The fourth-order valence-corrected chi connectivity index (χ4v) is 4.40. The molecule has 0 unspecified atom stereocenters. The van der Waals surface area contributed by atoms with Crippen LogP contribution in [-0.2, 0) is 0 Å². The zero-order chi connectivity index (χ0) is 43.1. The lowest BCUT2D eigenvalue weighted by atomic mass is 9.83. The molecule has 0 aromatic carbocycles. The Hall–Kier alpha value is -1.82. The van der Waals surface area contributed by atoms with E-state index in [1.165, 1.54) is 0 Å². The van der Waals surface area contributed by atoms with Crippen LogP contribution in [0.1, 0.15) is 85.0 Å². The highest BCUT2D eigenvalue weighted by Gasteiger charge is 3.00. The first kappa shape index (κ1) is 51.2. The molecule has 0 N–H and O–H groups in total. The van der Waals surface area contributed by atoms with Crippen LogP contribution in [-0.4, -0.2) is 77.0 Å². The van der Waals surface area contributed by atoms with Crippen LogP contribution in [0.5, 0.6) is 0 Å². The number of rotatable bonds is 23. The van der Waals surface area contributed by atoms with E-state index in [1.54, 1.807) is 0 Å². The van der Waals surface area contributed by atoms with Gasteiger partial charge < -0.3 is 0 Å². The van der Waals surface area contributed by atoms with Crippen LogP contribution in [0, 0.1) is 5.92 Å². The van der Waals surface area contributed by atoms with Gasteiger partial charge in [0.1, 0.15) is 0 Å². The number of hydrogen-bond donors (Lipinski definition) is 0. The normalized spacial score (nSPS) is 16.2. The smallest absolute Gasteiger partial charge is 0.200 e. The Balaban J connectivity index is 6.58. The highest BCUT2D eigenvalue weighted by molar-refractivity contribution is 5.20. The van der Waals surface area contributed by atoms with E-state index in [4.69, 9.17) is 0 Å². The van der Waals surface area contributed by atoms with E-state index in [0.717, 1.165) is 12.8 Å². The molecule has 320 valence electrons. The van der Waals surface area contributed by atoms with Gasteiger partial charge in [0, 0.05) is 13.3 Å². The second-order valence-electron chi connectivity index (χ2n) is 12.7. The molecule has 0 spiro atoms. The second-order valence-corrected chi connectivity index (χ2v) is 12.7. The zero-order valence-electron chi connectivity index (χ0n) is 27.0. The van der Waals surface area contributed by atoms with Gasteiger partial charge in [0.2, 0.25) is 0 Å². The molecule has 0 atom stereocenters. The number of alkyl halides is 26. The molecule has 0 aliphatic rings. The fraction of sp³-hybridized carbons (Fsp3) is 1.00. The summed E-state index contributed by atoms with van der Waals surface area (Å²) in [5.41, 5.74) is 0. The third-order valence-electron chi connectivity index (χ3n) is 7.98. The van der Waals surface area contributed by atoms with Gasteiger partial charge >= 0.3 is 77.0 Å². The largest absolute Gasteiger partial charge is 0.385 e. The van der Waals surface area contributed by atoms with E-state index < -0.39 is 103 Å². The summed E-state index contributed by atoms with van der Waals surface area (Å²) in [7, 11) is 0. The molecule has 0 radical (unpaired) electrons. The van der Waals surface area contributed by atoms with Crippen LogP contribution in [0.25, 0.3) is 0 Å². The van der Waals surface area contributed by atoms with Crippen molar-refractivity contribution in [3.63, 3.8) is 0 Å². The summed E-state index contributed by atoms with van der Waals surface area (Å²) < 4.78 is 358. The SMILES string of the molecule is CC(C)CCCCCCCCCCC(F)(F)C(F)(F)C(F)(F)C(F)(F)C(F)(F)C(F)(F)C(F)(F)C(F)(F)C(F)(F)C(F)(F)C(F)(F)C(F)(F)C(C)(F)F. The van der Waals surface area contributed by atoms with Gasteiger partial charge in [0.25, 0.3) is 0 Å². The average Bonchev–Trinajstić information content (AvgIpc) is 2.96. The molecule has 0 rings (SSSR count). The Morgan fingerprint density at radius 1 is 0.283 bits per heavy atom. The minimum atomic E-state index is -9.65. The lowest BCUT2D eigenvalue weighted by Crippen LogP contribution is -2.78. The predicted molar refractivity (Wildman–Crippen MR) is 131 cm³/mol. The van der Waals surface area contributed by atoms with E-state index in [-0.39, 0.29) is 12.8 Å². The molecule has 0 aliphatic heterocycles. The van der Waals surface area contributed by atoms with Crippen LogP contribution >= 0.6 is 0 Å². The van der Waals surface area contributed by atoms with Gasteiger partial charge in [-0.25, -0.2) is 0 Å². The second kappa shape index (κ2) is 15.3. The van der Waals surface area contributed by atoms with Gasteiger partial charge in [-0.15, -0.1) is 0 Å². The summed E-state index contributed by atoms with van der Waals surface area (Å²) in [5, 5.41) is 0. The van der Waals surface area contributed by atoms with Crippen molar-refractivity contribution in [2.75, 3.05) is 0 Å². The lowest BCUT2D eigenvalue weighted by molar-refractivity contribution is -0.481. The molecular weight excluding hydrogens is 818 g/mol. The maximum Gasteiger partial charge on any atom is 0.385 e. The molecule has 0 saturated heterocycles. The van der Waals surface area contributed by atoms with Crippen LogP contribution in [0.4, 0.5) is 114 Å². The third kappa shape index (κ3) is 8.06. The first-order chi connectivity index (χ1) is 22.9. The molecule has 0 bridgehead atoms. The minimum Gasteiger partial charge on any atom is -0.200 e. The van der Waals surface area contributed by atoms with Crippen LogP contribution in [0.15, 0.2) is 0 Å². The Bertz CT molecular complexity index is 1180. The maximum atomic E-state index is 14.1. The lowest BCUT2D eigenvalue weighted by Gasteiger charge is -2.46. The monoisotopic (exact) mass is 848 g/mol. The van der Waals surface area contributed by atoms with Crippen LogP contribution < -0.4 is 0 Å². The maximum absolute atomic E-state index is 14.1. The summed E-state index contributed by atoms with van der Waals surface area (Å²) in [6.45, 7) is 2.32. The molecule has 53 heavy (non-hydrogen) atoms. The van der Waals surface area contributed by atoms with Crippen molar-refractivity contribution >= 4 is 0 Å². The molecule has 0 aromatic heterocycles. The van der Waals surface area contributed by atoms with Crippen molar-refractivity contribution in [1.82, 2.24) is 0 Å². The summed E-state index contributed by atoms with van der Waals surface area (Å²) in [4.78, 5) is 0. The molecule has 0 fully saturated rings. The summed E-state index contributed by atoms with van der Waals surface area (Å²) in [6.07, 6.45) is -1.20. The van der Waals surface area contributed by atoms with Gasteiger partial charge in [0.15, 0.2) is 0 Å². The van der Waals surface area contributed by atoms with E-state index in [1.807, 2.05) is 13.8 Å². The number of halogens is 26. The first-order valence-corrected chi connectivity index (χ1v) is 14.8. The van der Waals surface area contributed by atoms with Crippen molar-refractivity contribution in [2.45, 2.75) is 162 Å². The van der Waals surface area contributed by atoms with E-state index in [0.29, 0.717) is 25.2 Å². The summed E-state index contributed by atoms with van der Waals surface area (Å²) in [6, 6.07) is 0. The van der Waals surface area contributed by atoms with Gasteiger partial charge in [-0.2, -0.15) is 114 Å². The highest BCUT2D eigenvalue weighted by atomic mass is 19.4. The topological polar surface area (TPSA) is 0 Å². The Labute approximate surface area is 283 Å². The summed E-state index contributed by atoms with van der Waals surface area (Å²) in [5.74, 6) is -113. The van der Waals surface area contributed by atoms with Crippen LogP contribution in [0.3, 0.4) is 0 Å². The van der Waals surface area contributed by atoms with Gasteiger partial charge in [0.05, 0.1) is 0 Å². The Kier molecular flexibility index (Phi) is 14.7. The van der Waals surface area contributed by atoms with Crippen molar-refractivity contribution in [3.05, 3.63) is 0 Å². The molecular formula is C27H30F26. The molecule has 0 heterocycles. The first-order valence-electron chi connectivity index (χ1n) is 14.8. The number of unbranched alkanes of at least 4 members (excludes halogenated alkanes) is 7. The quantitative estimate of drug-likeness (QED) is 0.0710. The third-order valence-corrected chi connectivity index (χ3v) is 7.98. The van der Waals surface area contributed by atoms with Crippen molar-refractivity contribution in [3.8, 4) is 0 Å². The molecule has 0 saturated carbocycles. The van der Waals surface area contributed by atoms with Gasteiger partial charge in [-0.1, -0.05) is 65.2 Å². The molecule has 26 heteroatoms. The highest BCUT2D eigenvalue weighted by Crippen LogP contribution is 2.68. The van der Waals surface area contributed by atoms with E-state index in [2.05, 4.69) is 0 Å². The van der Waals surface area contributed by atoms with E-state index in [9.17, 15) is 114 Å². The molecule has 0 amide bonds. The zero-order valence-corrected chi connectivity index (χ0v) is 27.0. The minimum absolute atomic E-state index is 0.125. The van der Waals surface area contributed by atoms with Crippen LogP contribution in [0.2, 0.25) is 0 Å². The van der Waals surface area contributed by atoms with Crippen molar-refractivity contribution < 1.29 is 114 Å². The average molecular weight is 848 g/mol. The predicted octanol–water partition coefficient (Wildman–Crippen LogP) is 13.8.